The lowest BCUT2D eigenvalue weighted by Crippen LogP contribution is -2.38. The first kappa shape index (κ1) is 15.6. The summed E-state index contributed by atoms with van der Waals surface area (Å²) in [6, 6.07) is 4.36. The number of halogens is 1. The molecule has 1 unspecified atom stereocenters. The van der Waals surface area contributed by atoms with Crippen LogP contribution in [0.15, 0.2) is 16.6 Å². The number of benzene rings is 1. The zero-order chi connectivity index (χ0) is 14.5. The maximum atomic E-state index is 9.78. The second-order valence-corrected chi connectivity index (χ2v) is 6.21. The van der Waals surface area contributed by atoms with Gasteiger partial charge < -0.3 is 15.2 Å². The van der Waals surface area contributed by atoms with Crippen LogP contribution in [-0.4, -0.2) is 42.8 Å². The summed E-state index contributed by atoms with van der Waals surface area (Å²) in [5, 5.41) is 13.3. The molecule has 5 heteroatoms. The molecule has 20 heavy (non-hydrogen) atoms. The Kier molecular flexibility index (Phi) is 5.69. The van der Waals surface area contributed by atoms with E-state index < -0.39 is 0 Å². The van der Waals surface area contributed by atoms with Gasteiger partial charge in [0.1, 0.15) is 0 Å². The second-order valence-electron chi connectivity index (χ2n) is 5.35. The minimum atomic E-state index is 0.154. The molecule has 1 aliphatic heterocycles. The van der Waals surface area contributed by atoms with Crippen LogP contribution in [0, 0.1) is 0 Å². The summed E-state index contributed by atoms with van der Waals surface area (Å²) in [5.74, 6) is 0.658. The predicted molar refractivity (Wildman–Crippen MR) is 84.3 cm³/mol. The zero-order valence-electron chi connectivity index (χ0n) is 12.2. The van der Waals surface area contributed by atoms with Gasteiger partial charge in [0, 0.05) is 19.1 Å². The first-order chi connectivity index (χ1) is 9.61. The molecule has 0 spiro atoms. The van der Waals surface area contributed by atoms with E-state index in [1.807, 2.05) is 12.1 Å². The summed E-state index contributed by atoms with van der Waals surface area (Å²) in [6.07, 6.45) is 2.65. The third-order valence-corrected chi connectivity index (χ3v) is 4.45. The molecule has 0 radical (unpaired) electrons. The zero-order valence-corrected chi connectivity index (χ0v) is 13.7. The smallest absolute Gasteiger partial charge is 0.172 e. The van der Waals surface area contributed by atoms with Crippen LogP contribution in [0.25, 0.3) is 0 Å². The molecule has 0 saturated carbocycles. The summed E-state index contributed by atoms with van der Waals surface area (Å²) in [7, 11) is 1.56. The van der Waals surface area contributed by atoms with Crippen LogP contribution in [0.3, 0.4) is 0 Å². The minimum Gasteiger partial charge on any atom is -0.503 e. The van der Waals surface area contributed by atoms with Crippen molar-refractivity contribution < 1.29 is 9.84 Å². The number of hydrogen-bond acceptors (Lipinski definition) is 4. The van der Waals surface area contributed by atoms with Crippen molar-refractivity contribution in [3.63, 3.8) is 0 Å². The van der Waals surface area contributed by atoms with Crippen molar-refractivity contribution in [3.05, 3.63) is 22.2 Å². The number of nitrogens with one attached hydrogen (secondary N) is 1. The predicted octanol–water partition coefficient (Wildman–Crippen LogP) is 2.74. The molecular formula is C15H23BrN2O2. The Morgan fingerprint density at radius 3 is 2.75 bits per heavy atom. The largest absolute Gasteiger partial charge is 0.503 e. The lowest BCUT2D eigenvalue weighted by atomic mass is 10.2. The van der Waals surface area contributed by atoms with Gasteiger partial charge in [-0.05, 0) is 66.5 Å². The van der Waals surface area contributed by atoms with Gasteiger partial charge in [0.25, 0.3) is 0 Å². The van der Waals surface area contributed by atoms with Crippen LogP contribution < -0.4 is 10.1 Å². The van der Waals surface area contributed by atoms with Gasteiger partial charge in [-0.25, -0.2) is 0 Å². The third kappa shape index (κ3) is 3.87. The van der Waals surface area contributed by atoms with Crippen LogP contribution >= 0.6 is 15.9 Å². The Bertz CT molecular complexity index is 448. The van der Waals surface area contributed by atoms with Crippen molar-refractivity contribution in [1.82, 2.24) is 10.2 Å². The van der Waals surface area contributed by atoms with E-state index in [0.717, 1.165) is 18.7 Å². The molecule has 1 aliphatic rings. The highest BCUT2D eigenvalue weighted by atomic mass is 79.9. The fourth-order valence-electron chi connectivity index (χ4n) is 2.62. The molecule has 1 aromatic carbocycles. The van der Waals surface area contributed by atoms with E-state index in [1.165, 1.54) is 25.9 Å². The fraction of sp³-hybridized carbons (Fsp3) is 0.600. The first-order valence-corrected chi connectivity index (χ1v) is 7.91. The average Bonchev–Trinajstić information content (AvgIpc) is 2.96. The molecule has 1 saturated heterocycles. The molecule has 0 amide bonds. The number of nitrogens with zero attached hydrogens (tertiary/aromatic N) is 1. The molecule has 4 nitrogen and oxygen atoms in total. The highest BCUT2D eigenvalue weighted by molar-refractivity contribution is 9.10. The summed E-state index contributed by atoms with van der Waals surface area (Å²) in [4.78, 5) is 2.53. The second kappa shape index (κ2) is 7.29. The van der Waals surface area contributed by atoms with Crippen LogP contribution in [-0.2, 0) is 6.54 Å². The van der Waals surface area contributed by atoms with Gasteiger partial charge in [-0.15, -0.1) is 0 Å². The summed E-state index contributed by atoms with van der Waals surface area (Å²) in [6.45, 7) is 6.46. The number of likely N-dealkylation sites (tertiary alicyclic amines) is 1. The van der Waals surface area contributed by atoms with E-state index in [9.17, 15) is 5.11 Å². The van der Waals surface area contributed by atoms with E-state index in [-0.39, 0.29) is 5.75 Å². The van der Waals surface area contributed by atoms with Crippen molar-refractivity contribution in [2.75, 3.05) is 26.7 Å². The number of methoxy groups -OCH3 is 1. The molecule has 112 valence electrons. The topological polar surface area (TPSA) is 44.7 Å². The molecule has 2 N–H and O–H groups in total. The van der Waals surface area contributed by atoms with Crippen LogP contribution in [0.2, 0.25) is 0 Å². The Morgan fingerprint density at radius 1 is 1.40 bits per heavy atom. The van der Waals surface area contributed by atoms with E-state index >= 15 is 0 Å². The van der Waals surface area contributed by atoms with E-state index in [2.05, 4.69) is 33.1 Å². The lowest BCUT2D eigenvalue weighted by molar-refractivity contribution is 0.251. The highest BCUT2D eigenvalue weighted by Crippen LogP contribution is 2.35. The van der Waals surface area contributed by atoms with E-state index in [0.29, 0.717) is 16.3 Å². The third-order valence-electron chi connectivity index (χ3n) is 3.84. The minimum absolute atomic E-state index is 0.154. The number of aromatic hydroxyl groups is 1. The Labute approximate surface area is 129 Å². The molecule has 0 bridgehead atoms. The highest BCUT2D eigenvalue weighted by Gasteiger charge is 2.17. The van der Waals surface area contributed by atoms with E-state index in [4.69, 9.17) is 4.74 Å². The quantitative estimate of drug-likeness (QED) is 0.834. The Hall–Kier alpha value is -0.780. The standard InChI is InChI=1S/C15H23BrN2O2/c1-11(18-5-3-4-6-18)9-17-10-12-7-13(16)15(19)14(8-12)20-2/h7-8,11,17,19H,3-6,9-10H2,1-2H3. The summed E-state index contributed by atoms with van der Waals surface area (Å²) < 4.78 is 5.83. The number of hydrogen-bond donors (Lipinski definition) is 2. The number of phenolic OH excluding ortho intramolecular Hbond substituents is 1. The van der Waals surface area contributed by atoms with Gasteiger partial charge in [-0.3, -0.25) is 4.90 Å². The van der Waals surface area contributed by atoms with Gasteiger partial charge in [0.2, 0.25) is 0 Å². The molecular weight excluding hydrogens is 320 g/mol. The van der Waals surface area contributed by atoms with Gasteiger partial charge in [-0.2, -0.15) is 0 Å². The fourth-order valence-corrected chi connectivity index (χ4v) is 3.11. The van der Waals surface area contributed by atoms with E-state index in [1.54, 1.807) is 7.11 Å². The van der Waals surface area contributed by atoms with Crippen molar-refractivity contribution in [1.29, 1.82) is 0 Å². The number of phenols is 1. The van der Waals surface area contributed by atoms with Crippen molar-refractivity contribution in [2.45, 2.75) is 32.4 Å². The SMILES string of the molecule is COc1cc(CNCC(C)N2CCCC2)cc(Br)c1O. The molecule has 1 atom stereocenters. The summed E-state index contributed by atoms with van der Waals surface area (Å²) >= 11 is 3.35. The van der Waals surface area contributed by atoms with Crippen molar-refractivity contribution >= 4 is 15.9 Å². The summed E-state index contributed by atoms with van der Waals surface area (Å²) in [5.41, 5.74) is 1.10. The normalized spacial score (nSPS) is 17.4. The van der Waals surface area contributed by atoms with Gasteiger partial charge in [-0.1, -0.05) is 0 Å². The average molecular weight is 343 g/mol. The molecule has 1 heterocycles. The maximum absolute atomic E-state index is 9.78. The lowest BCUT2D eigenvalue weighted by Gasteiger charge is -2.24. The maximum Gasteiger partial charge on any atom is 0.172 e. The van der Waals surface area contributed by atoms with Crippen LogP contribution in [0.4, 0.5) is 0 Å². The molecule has 1 fully saturated rings. The number of ether oxygens (including phenoxy) is 1. The Balaban J connectivity index is 1.86. The molecule has 2 rings (SSSR count). The first-order valence-electron chi connectivity index (χ1n) is 7.12. The van der Waals surface area contributed by atoms with Crippen molar-refractivity contribution in [3.8, 4) is 11.5 Å². The van der Waals surface area contributed by atoms with Gasteiger partial charge >= 0.3 is 0 Å². The van der Waals surface area contributed by atoms with Gasteiger partial charge in [0.05, 0.1) is 11.6 Å². The van der Waals surface area contributed by atoms with Crippen LogP contribution in [0.5, 0.6) is 11.5 Å². The Morgan fingerprint density at radius 2 is 2.10 bits per heavy atom. The molecule has 0 aliphatic carbocycles. The molecule has 1 aromatic rings. The van der Waals surface area contributed by atoms with Crippen LogP contribution in [0.1, 0.15) is 25.3 Å². The van der Waals surface area contributed by atoms with Crippen molar-refractivity contribution in [2.24, 2.45) is 0 Å². The molecule has 0 aromatic heterocycles. The number of rotatable bonds is 6. The van der Waals surface area contributed by atoms with Gasteiger partial charge in [0.15, 0.2) is 11.5 Å². The monoisotopic (exact) mass is 342 g/mol.